The summed E-state index contributed by atoms with van der Waals surface area (Å²) in [7, 11) is 0. The van der Waals surface area contributed by atoms with E-state index in [9.17, 15) is 19.2 Å². The third-order valence-electron chi connectivity index (χ3n) is 4.69. The molecule has 204 valence electrons. The van der Waals surface area contributed by atoms with Gasteiger partial charge in [-0.3, -0.25) is 19.8 Å². The fourth-order valence-corrected chi connectivity index (χ4v) is 3.37. The summed E-state index contributed by atoms with van der Waals surface area (Å²) >= 11 is 17.2. The molecule has 12 nitrogen and oxygen atoms in total. The number of carbonyl (C=O) groups is 4. The number of benzene rings is 1. The molecule has 1 heterocycles. The summed E-state index contributed by atoms with van der Waals surface area (Å²) in [6.07, 6.45) is -6.77. The van der Waals surface area contributed by atoms with E-state index < -0.39 is 70.9 Å². The largest absolute Gasteiger partial charge is 0.463 e. The Bertz CT molecular complexity index is 989. The molecule has 1 aromatic rings. The van der Waals surface area contributed by atoms with Gasteiger partial charge in [0.2, 0.25) is 12.2 Å². The molecule has 1 saturated heterocycles. The Hall–Kier alpha value is -2.80. The Morgan fingerprint density at radius 2 is 1.51 bits per heavy atom. The molecule has 37 heavy (non-hydrogen) atoms. The number of alkyl halides is 3. The van der Waals surface area contributed by atoms with E-state index in [4.69, 9.17) is 68.6 Å². The molecule has 1 fully saturated rings. The summed E-state index contributed by atoms with van der Waals surface area (Å²) in [6, 6.07) is 7.29. The van der Waals surface area contributed by atoms with E-state index >= 15 is 0 Å². The molecule has 0 bridgehead atoms. The fourth-order valence-electron chi connectivity index (χ4n) is 3.24. The van der Waals surface area contributed by atoms with Gasteiger partial charge in [-0.15, -0.1) is 0 Å². The summed E-state index contributed by atoms with van der Waals surface area (Å²) < 4.78 is 29.6. The number of esters is 3. The average Bonchev–Trinajstić information content (AvgIpc) is 2.79. The molecule has 0 aromatic heterocycles. The molecule has 3 unspecified atom stereocenters. The van der Waals surface area contributed by atoms with Crippen molar-refractivity contribution in [2.45, 2.75) is 61.8 Å². The summed E-state index contributed by atoms with van der Waals surface area (Å²) in [5.41, 5.74) is 0.680. The molecule has 0 radical (unpaired) electrons. The quantitative estimate of drug-likeness (QED) is 0.153. The van der Waals surface area contributed by atoms with Crippen molar-refractivity contribution in [2.75, 3.05) is 6.61 Å². The second-order valence-electron chi connectivity index (χ2n) is 7.67. The zero-order valence-electron chi connectivity index (χ0n) is 19.9. The summed E-state index contributed by atoms with van der Waals surface area (Å²) in [4.78, 5) is 47.9. The highest BCUT2D eigenvalue weighted by Crippen LogP contribution is 2.32. The van der Waals surface area contributed by atoms with Crippen LogP contribution in [0.25, 0.3) is 0 Å². The first kappa shape index (κ1) is 30.4. The molecular weight excluding hydrogens is 559 g/mol. The number of ether oxygens (including phenoxy) is 6. The zero-order valence-corrected chi connectivity index (χ0v) is 22.2. The number of nitrogens with one attached hydrogen (secondary N) is 2. The van der Waals surface area contributed by atoms with Gasteiger partial charge in [0, 0.05) is 20.8 Å². The fraction of sp³-hybridized carbons (Fsp3) is 0.500. The van der Waals surface area contributed by atoms with E-state index in [-0.39, 0.29) is 6.61 Å². The lowest BCUT2D eigenvalue weighted by atomic mass is 9.96. The first-order valence-electron chi connectivity index (χ1n) is 10.7. The van der Waals surface area contributed by atoms with E-state index in [1.54, 1.807) is 30.3 Å². The Morgan fingerprint density at radius 1 is 0.919 bits per heavy atom. The second kappa shape index (κ2) is 13.7. The van der Waals surface area contributed by atoms with Gasteiger partial charge in [-0.1, -0.05) is 65.1 Å². The van der Waals surface area contributed by atoms with Crippen LogP contribution in [0.4, 0.5) is 4.79 Å². The topological polar surface area (TPSA) is 160 Å². The molecule has 0 spiro atoms. The molecule has 2 rings (SSSR count). The molecular formula is C22H25Cl3N2O10. The van der Waals surface area contributed by atoms with Gasteiger partial charge in [-0.05, 0) is 5.56 Å². The van der Waals surface area contributed by atoms with Crippen molar-refractivity contribution in [3.05, 3.63) is 35.9 Å². The number of alkyl carbamates (subject to hydrolysis) is 1. The van der Waals surface area contributed by atoms with Crippen LogP contribution in [-0.4, -0.2) is 70.9 Å². The van der Waals surface area contributed by atoms with Crippen LogP contribution in [0.3, 0.4) is 0 Å². The standard InChI is InChI=1S/C22H25Cl3N2O10/c1-11(28)32-10-15-17(34-12(2)29)18(35-13(3)30)16(19(36-15)37-20(26)22(23,24)25)27-21(31)33-9-14-7-5-4-6-8-14/h4-8,15-19,26H,9-10H2,1-3H3,(H,27,31)/t15?,16?,17-,18?,19+/m1/s1. The summed E-state index contributed by atoms with van der Waals surface area (Å²) in [5, 5.41) is 10.4. The lowest BCUT2D eigenvalue weighted by Gasteiger charge is -2.44. The number of hydrogen-bond donors (Lipinski definition) is 2. The Kier molecular flexibility index (Phi) is 11.2. The number of halogens is 3. The van der Waals surface area contributed by atoms with E-state index in [2.05, 4.69) is 5.32 Å². The van der Waals surface area contributed by atoms with Crippen LogP contribution in [0.1, 0.15) is 26.3 Å². The highest BCUT2D eigenvalue weighted by atomic mass is 35.6. The van der Waals surface area contributed by atoms with Gasteiger partial charge in [0.25, 0.3) is 3.79 Å². The van der Waals surface area contributed by atoms with E-state index in [1.165, 1.54) is 0 Å². The Morgan fingerprint density at radius 3 is 2.05 bits per heavy atom. The van der Waals surface area contributed by atoms with Crippen LogP contribution in [0.2, 0.25) is 0 Å². The second-order valence-corrected chi connectivity index (χ2v) is 9.95. The normalized spacial score (nSPS) is 23.2. The SMILES string of the molecule is CC(=O)OCC1O[C@@H](OC(=N)C(Cl)(Cl)Cl)C(NC(=O)OCc2ccccc2)C(OC(C)=O)[C@@H]1OC(C)=O. The minimum absolute atomic E-state index is 0.115. The number of carbonyl (C=O) groups excluding carboxylic acids is 4. The molecule has 1 aliphatic heterocycles. The van der Waals surface area contributed by atoms with Gasteiger partial charge in [-0.2, -0.15) is 0 Å². The van der Waals surface area contributed by atoms with Gasteiger partial charge >= 0.3 is 24.0 Å². The van der Waals surface area contributed by atoms with Gasteiger partial charge in [0.05, 0.1) is 0 Å². The van der Waals surface area contributed by atoms with Crippen LogP contribution >= 0.6 is 34.8 Å². The van der Waals surface area contributed by atoms with Crippen LogP contribution in [0, 0.1) is 5.41 Å². The first-order valence-corrected chi connectivity index (χ1v) is 11.8. The predicted octanol–water partition coefficient (Wildman–Crippen LogP) is 2.80. The van der Waals surface area contributed by atoms with E-state index in [0.29, 0.717) is 5.56 Å². The zero-order chi connectivity index (χ0) is 27.8. The maximum absolute atomic E-state index is 12.7. The van der Waals surface area contributed by atoms with Crippen LogP contribution in [0.5, 0.6) is 0 Å². The predicted molar refractivity (Wildman–Crippen MR) is 129 cm³/mol. The number of amides is 1. The third-order valence-corrected chi connectivity index (χ3v) is 5.20. The van der Waals surface area contributed by atoms with Crippen molar-refractivity contribution in [2.24, 2.45) is 0 Å². The monoisotopic (exact) mass is 582 g/mol. The van der Waals surface area contributed by atoms with Crippen molar-refractivity contribution in [3.63, 3.8) is 0 Å². The summed E-state index contributed by atoms with van der Waals surface area (Å²) in [6.45, 7) is 2.71. The Balaban J connectivity index is 2.39. The molecule has 1 aliphatic rings. The molecule has 1 amide bonds. The lowest BCUT2D eigenvalue weighted by Crippen LogP contribution is -2.67. The first-order chi connectivity index (χ1) is 17.3. The lowest BCUT2D eigenvalue weighted by molar-refractivity contribution is -0.260. The molecule has 15 heteroatoms. The average molecular weight is 584 g/mol. The van der Waals surface area contributed by atoms with Gasteiger partial charge < -0.3 is 33.7 Å². The molecule has 5 atom stereocenters. The van der Waals surface area contributed by atoms with Crippen molar-refractivity contribution in [1.29, 1.82) is 5.41 Å². The van der Waals surface area contributed by atoms with Crippen LogP contribution in [-0.2, 0) is 49.4 Å². The van der Waals surface area contributed by atoms with Crippen molar-refractivity contribution in [1.82, 2.24) is 5.32 Å². The minimum Gasteiger partial charge on any atom is -0.463 e. The van der Waals surface area contributed by atoms with Crippen LogP contribution < -0.4 is 5.32 Å². The van der Waals surface area contributed by atoms with E-state index in [1.807, 2.05) is 0 Å². The molecule has 1 aromatic carbocycles. The molecule has 0 aliphatic carbocycles. The highest BCUT2D eigenvalue weighted by molar-refractivity contribution is 6.76. The smallest absolute Gasteiger partial charge is 0.408 e. The van der Waals surface area contributed by atoms with Crippen molar-refractivity contribution < 1.29 is 47.6 Å². The van der Waals surface area contributed by atoms with Crippen molar-refractivity contribution >= 4 is 64.7 Å². The van der Waals surface area contributed by atoms with Gasteiger partial charge in [-0.25, -0.2) is 4.79 Å². The minimum atomic E-state index is -2.32. The summed E-state index contributed by atoms with van der Waals surface area (Å²) in [5.74, 6) is -3.21. The Labute approximate surface area is 227 Å². The molecule has 0 saturated carbocycles. The number of rotatable bonds is 8. The van der Waals surface area contributed by atoms with Crippen molar-refractivity contribution in [3.8, 4) is 0 Å². The maximum Gasteiger partial charge on any atom is 0.408 e. The highest BCUT2D eigenvalue weighted by Gasteiger charge is 2.53. The maximum atomic E-state index is 12.7. The van der Waals surface area contributed by atoms with Gasteiger partial charge in [0.1, 0.15) is 25.4 Å². The van der Waals surface area contributed by atoms with E-state index in [0.717, 1.165) is 20.8 Å². The molecule has 2 N–H and O–H groups in total. The van der Waals surface area contributed by atoms with Crippen LogP contribution in [0.15, 0.2) is 30.3 Å². The number of hydrogen-bond acceptors (Lipinski definition) is 11. The third kappa shape index (κ3) is 9.88. The van der Waals surface area contributed by atoms with Gasteiger partial charge in [0.15, 0.2) is 12.2 Å².